The van der Waals surface area contributed by atoms with Gasteiger partial charge in [0.05, 0.1) is 18.0 Å². The topological polar surface area (TPSA) is 84.3 Å². The number of fused-ring (bicyclic) bond motifs is 5. The van der Waals surface area contributed by atoms with Crippen LogP contribution in [0.4, 0.5) is 5.82 Å². The standard InChI is InChI=1S/C17H20N4O3/c1-9(2)21-12(5-6-18-21)19-13(22)8-20-16(23)14-10-3-4-11(7-10)15(14)17(20)24/h3-6,9-11,14-15H,7-8H2,1-2H3,(H,19,22). The van der Waals surface area contributed by atoms with Crippen molar-refractivity contribution in [2.24, 2.45) is 23.7 Å². The zero-order valence-electron chi connectivity index (χ0n) is 13.7. The fourth-order valence-electron chi connectivity index (χ4n) is 4.27. The number of rotatable bonds is 4. The molecule has 4 unspecified atom stereocenters. The molecule has 1 aromatic rings. The van der Waals surface area contributed by atoms with Crippen LogP contribution < -0.4 is 5.32 Å². The highest BCUT2D eigenvalue weighted by Crippen LogP contribution is 2.52. The second-order valence-corrected chi connectivity index (χ2v) is 7.07. The van der Waals surface area contributed by atoms with Crippen LogP contribution >= 0.6 is 0 Å². The van der Waals surface area contributed by atoms with Gasteiger partial charge in [0.15, 0.2) is 0 Å². The van der Waals surface area contributed by atoms with E-state index in [4.69, 9.17) is 0 Å². The van der Waals surface area contributed by atoms with Crippen molar-refractivity contribution in [3.8, 4) is 0 Å². The third kappa shape index (κ3) is 2.11. The molecule has 2 fully saturated rings. The summed E-state index contributed by atoms with van der Waals surface area (Å²) in [5, 5.41) is 6.89. The molecule has 0 spiro atoms. The molecule has 2 aliphatic carbocycles. The van der Waals surface area contributed by atoms with Crippen molar-refractivity contribution < 1.29 is 14.4 Å². The van der Waals surface area contributed by atoms with Gasteiger partial charge in [-0.1, -0.05) is 12.2 Å². The van der Waals surface area contributed by atoms with E-state index < -0.39 is 0 Å². The summed E-state index contributed by atoms with van der Waals surface area (Å²) >= 11 is 0. The number of anilines is 1. The van der Waals surface area contributed by atoms with Crippen LogP contribution in [0, 0.1) is 23.7 Å². The van der Waals surface area contributed by atoms with Gasteiger partial charge in [-0.2, -0.15) is 5.10 Å². The number of nitrogens with zero attached hydrogens (tertiary/aromatic N) is 3. The number of aromatic nitrogens is 2. The quantitative estimate of drug-likeness (QED) is 0.665. The van der Waals surface area contributed by atoms with Crippen LogP contribution in [-0.4, -0.2) is 38.9 Å². The normalized spacial score (nSPS) is 30.5. The SMILES string of the molecule is CC(C)n1nccc1NC(=O)CN1C(=O)C2C3C=CC(C3)C2C1=O. The number of carbonyl (C=O) groups is 3. The van der Waals surface area contributed by atoms with Crippen LogP contribution in [0.3, 0.4) is 0 Å². The maximum Gasteiger partial charge on any atom is 0.245 e. The lowest BCUT2D eigenvalue weighted by Crippen LogP contribution is -2.39. The summed E-state index contributed by atoms with van der Waals surface area (Å²) in [5.41, 5.74) is 0. The first-order valence-electron chi connectivity index (χ1n) is 8.34. The third-order valence-electron chi connectivity index (χ3n) is 5.29. The molecule has 4 atom stereocenters. The van der Waals surface area contributed by atoms with Gasteiger partial charge in [0.2, 0.25) is 17.7 Å². The summed E-state index contributed by atoms with van der Waals surface area (Å²) in [5.74, 6) is -0.416. The molecule has 1 saturated heterocycles. The van der Waals surface area contributed by atoms with Crippen molar-refractivity contribution in [2.75, 3.05) is 11.9 Å². The number of amides is 3. The average molecular weight is 328 g/mol. The van der Waals surface area contributed by atoms with Crippen LogP contribution in [0.25, 0.3) is 0 Å². The van der Waals surface area contributed by atoms with Gasteiger partial charge in [0.1, 0.15) is 12.4 Å². The highest BCUT2D eigenvalue weighted by Gasteiger charge is 2.59. The fraction of sp³-hybridized carbons (Fsp3) is 0.529. The Morgan fingerprint density at radius 3 is 2.46 bits per heavy atom. The Labute approximate surface area is 139 Å². The molecule has 1 aromatic heterocycles. The number of hydrogen-bond donors (Lipinski definition) is 1. The zero-order valence-corrected chi connectivity index (χ0v) is 13.7. The Morgan fingerprint density at radius 1 is 1.25 bits per heavy atom. The minimum absolute atomic E-state index is 0.103. The molecule has 0 aromatic carbocycles. The van der Waals surface area contributed by atoms with Crippen LogP contribution in [0.5, 0.6) is 0 Å². The highest BCUT2D eigenvalue weighted by atomic mass is 16.2. The first-order chi connectivity index (χ1) is 11.5. The number of allylic oxidation sites excluding steroid dienone is 2. The van der Waals surface area contributed by atoms with Crippen molar-refractivity contribution in [1.29, 1.82) is 0 Å². The molecule has 24 heavy (non-hydrogen) atoms. The molecule has 0 radical (unpaired) electrons. The lowest BCUT2D eigenvalue weighted by Gasteiger charge is -2.17. The number of carbonyl (C=O) groups excluding carboxylic acids is 3. The van der Waals surface area contributed by atoms with Crippen LogP contribution in [-0.2, 0) is 14.4 Å². The fourth-order valence-corrected chi connectivity index (χ4v) is 4.27. The van der Waals surface area contributed by atoms with Gasteiger partial charge >= 0.3 is 0 Å². The summed E-state index contributed by atoms with van der Waals surface area (Å²) in [4.78, 5) is 38.6. The van der Waals surface area contributed by atoms with Gasteiger partial charge in [-0.3, -0.25) is 19.3 Å². The Morgan fingerprint density at radius 2 is 1.88 bits per heavy atom. The first kappa shape index (κ1) is 15.1. The van der Waals surface area contributed by atoms with E-state index in [1.807, 2.05) is 26.0 Å². The van der Waals surface area contributed by atoms with E-state index in [1.165, 1.54) is 0 Å². The second kappa shape index (κ2) is 5.29. The Hall–Kier alpha value is -2.44. The van der Waals surface area contributed by atoms with E-state index >= 15 is 0 Å². The molecule has 4 rings (SSSR count). The van der Waals surface area contributed by atoms with Gasteiger partial charge < -0.3 is 5.32 Å². The molecule has 126 valence electrons. The van der Waals surface area contributed by atoms with Crippen molar-refractivity contribution in [3.05, 3.63) is 24.4 Å². The van der Waals surface area contributed by atoms with E-state index in [0.29, 0.717) is 5.82 Å². The van der Waals surface area contributed by atoms with Gasteiger partial charge in [-0.15, -0.1) is 0 Å². The van der Waals surface area contributed by atoms with Crippen LogP contribution in [0.2, 0.25) is 0 Å². The number of nitrogens with one attached hydrogen (secondary N) is 1. The molecule has 1 N–H and O–H groups in total. The molecule has 2 heterocycles. The van der Waals surface area contributed by atoms with Crippen molar-refractivity contribution >= 4 is 23.5 Å². The lowest BCUT2D eigenvalue weighted by atomic mass is 9.85. The molecular formula is C17H20N4O3. The van der Waals surface area contributed by atoms with Crippen LogP contribution in [0.15, 0.2) is 24.4 Å². The number of imide groups is 1. The minimum atomic E-state index is -0.376. The molecule has 2 bridgehead atoms. The Bertz CT molecular complexity index is 721. The third-order valence-corrected chi connectivity index (χ3v) is 5.29. The molecule has 1 saturated carbocycles. The van der Waals surface area contributed by atoms with Gasteiger partial charge in [-0.25, -0.2) is 4.68 Å². The first-order valence-corrected chi connectivity index (χ1v) is 8.34. The van der Waals surface area contributed by atoms with E-state index in [9.17, 15) is 14.4 Å². The Balaban J connectivity index is 1.46. The minimum Gasteiger partial charge on any atom is -0.309 e. The maximum absolute atomic E-state index is 12.6. The van der Waals surface area contributed by atoms with Crippen molar-refractivity contribution in [2.45, 2.75) is 26.3 Å². The molecule has 7 heteroatoms. The van der Waals surface area contributed by atoms with Crippen molar-refractivity contribution in [1.82, 2.24) is 14.7 Å². The molecule has 3 amide bonds. The van der Waals surface area contributed by atoms with Crippen LogP contribution in [0.1, 0.15) is 26.3 Å². The monoisotopic (exact) mass is 328 g/mol. The number of likely N-dealkylation sites (tertiary alicyclic amines) is 1. The average Bonchev–Trinajstić information content (AvgIpc) is 3.28. The van der Waals surface area contributed by atoms with E-state index in [-0.39, 0.29) is 54.0 Å². The van der Waals surface area contributed by atoms with Gasteiger partial charge in [0.25, 0.3) is 0 Å². The molecule has 7 nitrogen and oxygen atoms in total. The van der Waals surface area contributed by atoms with E-state index in [2.05, 4.69) is 10.4 Å². The van der Waals surface area contributed by atoms with Gasteiger partial charge in [-0.05, 0) is 32.1 Å². The molecule has 1 aliphatic heterocycles. The molecular weight excluding hydrogens is 308 g/mol. The van der Waals surface area contributed by atoms with Gasteiger partial charge in [0, 0.05) is 12.1 Å². The summed E-state index contributed by atoms with van der Waals surface area (Å²) in [6, 6.07) is 1.80. The highest BCUT2D eigenvalue weighted by molar-refractivity contribution is 6.09. The van der Waals surface area contributed by atoms with Crippen molar-refractivity contribution in [3.63, 3.8) is 0 Å². The predicted octanol–water partition coefficient (Wildman–Crippen LogP) is 1.21. The zero-order chi connectivity index (χ0) is 17.0. The maximum atomic E-state index is 12.6. The van der Waals surface area contributed by atoms with E-state index in [0.717, 1.165) is 11.3 Å². The summed E-state index contributed by atoms with van der Waals surface area (Å²) in [7, 11) is 0. The Kier molecular flexibility index (Phi) is 3.33. The smallest absolute Gasteiger partial charge is 0.245 e. The van der Waals surface area contributed by atoms with E-state index in [1.54, 1.807) is 16.9 Å². The number of hydrogen-bond acceptors (Lipinski definition) is 4. The lowest BCUT2D eigenvalue weighted by molar-refractivity contribution is -0.143. The summed E-state index contributed by atoms with van der Waals surface area (Å²) in [6.45, 7) is 3.69. The molecule has 3 aliphatic rings. The summed E-state index contributed by atoms with van der Waals surface area (Å²) < 4.78 is 1.68. The second-order valence-electron chi connectivity index (χ2n) is 7.07. The predicted molar refractivity (Wildman–Crippen MR) is 85.7 cm³/mol. The largest absolute Gasteiger partial charge is 0.309 e. The summed E-state index contributed by atoms with van der Waals surface area (Å²) in [6.07, 6.45) is 6.58.